The fourth-order valence-corrected chi connectivity index (χ4v) is 3.71. The number of hydrogen-bond donors (Lipinski definition) is 2. The molecule has 1 fully saturated rings. The van der Waals surface area contributed by atoms with Gasteiger partial charge < -0.3 is 19.7 Å². The number of carbonyl (C=O) groups excluding carboxylic acids is 3. The normalized spacial score (nSPS) is 15.8. The second-order valence-corrected chi connectivity index (χ2v) is 9.40. The summed E-state index contributed by atoms with van der Waals surface area (Å²) in [5.74, 6) is -0.672. The Morgan fingerprint density at radius 1 is 1.09 bits per heavy atom. The van der Waals surface area contributed by atoms with Crippen LogP contribution >= 0.6 is 0 Å². The number of halogens is 1. The Morgan fingerprint density at radius 2 is 1.83 bits per heavy atom. The van der Waals surface area contributed by atoms with Gasteiger partial charge in [0.25, 0.3) is 0 Å². The number of piperidine rings is 1. The van der Waals surface area contributed by atoms with Crippen molar-refractivity contribution in [3.63, 3.8) is 0 Å². The zero-order valence-electron chi connectivity index (χ0n) is 20.3. The van der Waals surface area contributed by atoms with Crippen LogP contribution in [-0.2, 0) is 14.3 Å². The molecule has 0 radical (unpaired) electrons. The standard InChI is InChI=1S/C26H32FN3O5/c1-26(2,3)35-25(33)29-22-16-19(11-12-21(22)27)28-24(32)18-8-7-14-30(17-18)23(31)13-15-34-20-9-5-4-6-10-20/h4-6,9-12,16,18H,7-8,13-15,17H2,1-3H3,(H,28,32)(H,29,33). The monoisotopic (exact) mass is 485 g/mol. The molecule has 35 heavy (non-hydrogen) atoms. The molecule has 1 saturated heterocycles. The Hall–Kier alpha value is -3.62. The van der Waals surface area contributed by atoms with Gasteiger partial charge >= 0.3 is 6.09 Å². The molecule has 0 bridgehead atoms. The van der Waals surface area contributed by atoms with Gasteiger partial charge in [0.05, 0.1) is 24.6 Å². The Balaban J connectivity index is 1.52. The van der Waals surface area contributed by atoms with E-state index in [9.17, 15) is 18.8 Å². The molecule has 1 heterocycles. The van der Waals surface area contributed by atoms with Gasteiger partial charge in [-0.2, -0.15) is 0 Å². The van der Waals surface area contributed by atoms with Crippen molar-refractivity contribution in [1.82, 2.24) is 4.90 Å². The maximum atomic E-state index is 14.2. The number of nitrogens with one attached hydrogen (secondary N) is 2. The first kappa shape index (κ1) is 26.0. The number of likely N-dealkylation sites (tertiary alicyclic amines) is 1. The molecule has 2 aromatic carbocycles. The number of anilines is 2. The van der Waals surface area contributed by atoms with Gasteiger partial charge in [-0.25, -0.2) is 9.18 Å². The van der Waals surface area contributed by atoms with E-state index in [1.54, 1.807) is 25.7 Å². The van der Waals surface area contributed by atoms with E-state index >= 15 is 0 Å². The highest BCUT2D eigenvalue weighted by atomic mass is 19.1. The number of para-hydroxylation sites is 1. The van der Waals surface area contributed by atoms with E-state index in [4.69, 9.17) is 9.47 Å². The smallest absolute Gasteiger partial charge is 0.412 e. The second-order valence-electron chi connectivity index (χ2n) is 9.40. The van der Waals surface area contributed by atoms with Crippen LogP contribution < -0.4 is 15.4 Å². The third kappa shape index (κ3) is 8.27. The van der Waals surface area contributed by atoms with Crippen LogP contribution in [-0.4, -0.2) is 48.1 Å². The SMILES string of the molecule is CC(C)(C)OC(=O)Nc1cc(NC(=O)C2CCCN(C(=O)CCOc3ccccc3)C2)ccc1F. The molecular formula is C26H32FN3O5. The Bertz CT molecular complexity index is 1040. The number of rotatable bonds is 7. The van der Waals surface area contributed by atoms with Gasteiger partial charge in [-0.05, 0) is 63.9 Å². The first-order valence-electron chi connectivity index (χ1n) is 11.7. The minimum atomic E-state index is -0.794. The van der Waals surface area contributed by atoms with E-state index < -0.39 is 23.4 Å². The van der Waals surface area contributed by atoms with Crippen molar-refractivity contribution >= 4 is 29.3 Å². The van der Waals surface area contributed by atoms with Gasteiger partial charge in [-0.1, -0.05) is 18.2 Å². The molecule has 0 aliphatic carbocycles. The van der Waals surface area contributed by atoms with Crippen LogP contribution in [0.25, 0.3) is 0 Å². The van der Waals surface area contributed by atoms with Crippen molar-refractivity contribution in [2.75, 3.05) is 30.3 Å². The first-order valence-corrected chi connectivity index (χ1v) is 11.7. The van der Waals surface area contributed by atoms with Crippen molar-refractivity contribution < 1.29 is 28.2 Å². The quantitative estimate of drug-likeness (QED) is 0.586. The molecule has 3 amide bonds. The summed E-state index contributed by atoms with van der Waals surface area (Å²) in [6.07, 6.45) is 0.775. The van der Waals surface area contributed by atoms with Gasteiger partial charge in [0.2, 0.25) is 11.8 Å². The molecule has 9 heteroatoms. The summed E-state index contributed by atoms with van der Waals surface area (Å²) in [4.78, 5) is 39.1. The van der Waals surface area contributed by atoms with E-state index in [0.29, 0.717) is 37.4 Å². The number of carbonyl (C=O) groups is 3. The predicted octanol–water partition coefficient (Wildman–Crippen LogP) is 4.82. The number of benzene rings is 2. The van der Waals surface area contributed by atoms with Crippen molar-refractivity contribution in [1.29, 1.82) is 0 Å². The lowest BCUT2D eigenvalue weighted by Gasteiger charge is -2.32. The van der Waals surface area contributed by atoms with Crippen LogP contribution in [0.5, 0.6) is 5.75 Å². The van der Waals surface area contributed by atoms with Crippen molar-refractivity contribution in [3.8, 4) is 5.75 Å². The summed E-state index contributed by atoms with van der Waals surface area (Å²) in [5.41, 5.74) is -0.497. The van der Waals surface area contributed by atoms with Gasteiger partial charge in [0.1, 0.15) is 17.2 Å². The summed E-state index contributed by atoms with van der Waals surface area (Å²) in [6.45, 7) is 6.27. The maximum absolute atomic E-state index is 14.2. The fourth-order valence-electron chi connectivity index (χ4n) is 3.71. The molecule has 188 valence electrons. The number of ether oxygens (including phenoxy) is 2. The van der Waals surface area contributed by atoms with E-state index in [2.05, 4.69) is 10.6 Å². The Morgan fingerprint density at radius 3 is 2.54 bits per heavy atom. The van der Waals surface area contributed by atoms with Crippen LogP contribution in [0, 0.1) is 11.7 Å². The molecule has 1 unspecified atom stereocenters. The molecule has 2 N–H and O–H groups in total. The zero-order chi connectivity index (χ0) is 25.4. The minimum absolute atomic E-state index is 0.0657. The average Bonchev–Trinajstić information content (AvgIpc) is 2.80. The van der Waals surface area contributed by atoms with Crippen LogP contribution in [0.4, 0.5) is 20.6 Å². The Labute approximate surface area is 204 Å². The highest BCUT2D eigenvalue weighted by Crippen LogP contribution is 2.23. The van der Waals surface area contributed by atoms with Gasteiger partial charge in [-0.15, -0.1) is 0 Å². The summed E-state index contributed by atoms with van der Waals surface area (Å²) in [7, 11) is 0. The first-order chi connectivity index (χ1) is 16.6. The third-order valence-corrected chi connectivity index (χ3v) is 5.34. The molecule has 8 nitrogen and oxygen atoms in total. The lowest BCUT2D eigenvalue weighted by atomic mass is 9.96. The van der Waals surface area contributed by atoms with Gasteiger partial charge in [0, 0.05) is 18.8 Å². The summed E-state index contributed by atoms with van der Waals surface area (Å²) >= 11 is 0. The van der Waals surface area contributed by atoms with Crippen LogP contribution in [0.1, 0.15) is 40.0 Å². The molecular weight excluding hydrogens is 453 g/mol. The van der Waals surface area contributed by atoms with E-state index in [1.165, 1.54) is 12.1 Å². The summed E-state index contributed by atoms with van der Waals surface area (Å²) in [5, 5.41) is 5.13. The molecule has 3 rings (SSSR count). The minimum Gasteiger partial charge on any atom is -0.493 e. The third-order valence-electron chi connectivity index (χ3n) is 5.34. The molecule has 1 aliphatic rings. The molecule has 1 atom stereocenters. The highest BCUT2D eigenvalue weighted by molar-refractivity contribution is 5.94. The summed E-state index contributed by atoms with van der Waals surface area (Å²) < 4.78 is 24.9. The number of amides is 3. The maximum Gasteiger partial charge on any atom is 0.412 e. The van der Waals surface area contributed by atoms with Gasteiger partial charge in [0.15, 0.2) is 0 Å². The Kier molecular flexibility index (Phi) is 8.68. The highest BCUT2D eigenvalue weighted by Gasteiger charge is 2.28. The van der Waals surface area contributed by atoms with Crippen molar-refractivity contribution in [2.24, 2.45) is 5.92 Å². The number of nitrogens with zero attached hydrogens (tertiary/aromatic N) is 1. The van der Waals surface area contributed by atoms with Crippen molar-refractivity contribution in [3.05, 3.63) is 54.3 Å². The summed E-state index contributed by atoms with van der Waals surface area (Å²) in [6, 6.07) is 13.2. The van der Waals surface area contributed by atoms with E-state index in [0.717, 1.165) is 6.07 Å². The lowest BCUT2D eigenvalue weighted by molar-refractivity contribution is -0.135. The number of hydrogen-bond acceptors (Lipinski definition) is 5. The topological polar surface area (TPSA) is 97.0 Å². The predicted molar refractivity (Wildman–Crippen MR) is 131 cm³/mol. The van der Waals surface area contributed by atoms with E-state index in [-0.39, 0.29) is 30.5 Å². The van der Waals surface area contributed by atoms with Crippen LogP contribution in [0.3, 0.4) is 0 Å². The molecule has 0 aromatic heterocycles. The van der Waals surface area contributed by atoms with Crippen LogP contribution in [0.15, 0.2) is 48.5 Å². The molecule has 1 aliphatic heterocycles. The molecule has 0 spiro atoms. The zero-order valence-corrected chi connectivity index (χ0v) is 20.3. The average molecular weight is 486 g/mol. The van der Waals surface area contributed by atoms with Gasteiger partial charge in [-0.3, -0.25) is 14.9 Å². The van der Waals surface area contributed by atoms with Crippen LogP contribution in [0.2, 0.25) is 0 Å². The van der Waals surface area contributed by atoms with Crippen molar-refractivity contribution in [2.45, 2.75) is 45.6 Å². The fraction of sp³-hybridized carbons (Fsp3) is 0.423. The largest absolute Gasteiger partial charge is 0.493 e. The molecule has 2 aromatic rings. The second kappa shape index (κ2) is 11.7. The lowest BCUT2D eigenvalue weighted by Crippen LogP contribution is -2.44. The van der Waals surface area contributed by atoms with E-state index in [1.807, 2.05) is 30.3 Å². The molecule has 0 saturated carbocycles.